The average molecular weight is 482 g/mol. The molecule has 0 aliphatic heterocycles. The van der Waals surface area contributed by atoms with Gasteiger partial charge in [0.1, 0.15) is 6.54 Å². The van der Waals surface area contributed by atoms with Gasteiger partial charge in [0.25, 0.3) is 0 Å². The number of rotatable bonds is 24. The van der Waals surface area contributed by atoms with Crippen molar-refractivity contribution in [3.63, 3.8) is 0 Å². The number of carbonyl (C=O) groups excluding carboxylic acids is 2. The minimum atomic E-state index is -1.17. The number of hydrogen-bond acceptors (Lipinski definition) is 4. The molecule has 0 aliphatic carbocycles. The molecule has 5 heteroatoms. The number of unbranched alkanes of at least 4 members (excludes halogenated alkanes) is 15. The summed E-state index contributed by atoms with van der Waals surface area (Å²) in [5.74, 6) is -1.47. The monoisotopic (exact) mass is 481 g/mol. The summed E-state index contributed by atoms with van der Waals surface area (Å²) in [6, 6.07) is 0. The third-order valence-electron chi connectivity index (χ3n) is 6.09. The minimum Gasteiger partial charge on any atom is -0.550 e. The Morgan fingerprint density at radius 3 is 1.62 bits per heavy atom. The summed E-state index contributed by atoms with van der Waals surface area (Å²) in [4.78, 5) is 23.0. The molecule has 0 heterocycles. The molecule has 5 nitrogen and oxygen atoms in total. The van der Waals surface area contributed by atoms with Gasteiger partial charge in [-0.1, -0.05) is 96.1 Å². The van der Waals surface area contributed by atoms with E-state index in [1.807, 2.05) is 21.1 Å². The molecule has 0 amide bonds. The Morgan fingerprint density at radius 2 is 1.18 bits per heavy atom. The molecule has 1 unspecified atom stereocenters. The highest BCUT2D eigenvalue weighted by Crippen LogP contribution is 2.13. The number of nitrogens with zero attached hydrogens (tertiary/aromatic N) is 1. The van der Waals surface area contributed by atoms with Crippen LogP contribution in [-0.4, -0.2) is 50.2 Å². The Labute approximate surface area is 210 Å². The minimum absolute atomic E-state index is 0.239. The molecule has 1 atom stereocenters. The van der Waals surface area contributed by atoms with E-state index in [-0.39, 0.29) is 12.4 Å². The number of quaternary nitrogens is 1. The van der Waals surface area contributed by atoms with Gasteiger partial charge < -0.3 is 19.1 Å². The third-order valence-corrected chi connectivity index (χ3v) is 6.09. The van der Waals surface area contributed by atoms with Crippen LogP contribution in [0.3, 0.4) is 0 Å². The van der Waals surface area contributed by atoms with Crippen LogP contribution in [0.15, 0.2) is 12.2 Å². The van der Waals surface area contributed by atoms with Gasteiger partial charge in [0.2, 0.25) is 0 Å². The summed E-state index contributed by atoms with van der Waals surface area (Å²) in [6.45, 7) is 2.73. The van der Waals surface area contributed by atoms with Gasteiger partial charge in [-0.3, -0.25) is 4.79 Å². The Hall–Kier alpha value is -1.36. The molecule has 0 saturated carbocycles. The highest BCUT2D eigenvalue weighted by molar-refractivity contribution is 5.70. The summed E-state index contributed by atoms with van der Waals surface area (Å²) in [6.07, 6.45) is 25.7. The molecular formula is C29H55NO4. The molecule has 0 bridgehead atoms. The first-order valence-corrected chi connectivity index (χ1v) is 14.1. The van der Waals surface area contributed by atoms with Crippen molar-refractivity contribution >= 4 is 11.9 Å². The summed E-state index contributed by atoms with van der Waals surface area (Å²) in [5, 5.41) is 10.9. The fraction of sp³-hybridized carbons (Fsp3) is 0.862. The van der Waals surface area contributed by atoms with Gasteiger partial charge in [-0.2, -0.15) is 0 Å². The first-order chi connectivity index (χ1) is 16.2. The van der Waals surface area contributed by atoms with E-state index in [1.165, 1.54) is 89.9 Å². The van der Waals surface area contributed by atoms with Crippen LogP contribution in [-0.2, 0) is 14.3 Å². The predicted octanol–water partition coefficient (Wildman–Crippen LogP) is 6.34. The number of allylic oxidation sites excluding steroid dienone is 2. The average Bonchev–Trinajstić information content (AvgIpc) is 2.73. The van der Waals surface area contributed by atoms with Crippen LogP contribution in [0.1, 0.15) is 129 Å². The van der Waals surface area contributed by atoms with Crippen LogP contribution in [0.5, 0.6) is 0 Å². The zero-order valence-electron chi connectivity index (χ0n) is 23.0. The summed E-state index contributed by atoms with van der Waals surface area (Å²) in [7, 11) is 5.85. The molecule has 0 aromatic heterocycles. The topological polar surface area (TPSA) is 66.4 Å². The van der Waals surface area contributed by atoms with Gasteiger partial charge in [0.05, 0.1) is 21.1 Å². The van der Waals surface area contributed by atoms with Crippen LogP contribution >= 0.6 is 0 Å². The zero-order valence-corrected chi connectivity index (χ0v) is 23.0. The smallest absolute Gasteiger partial charge is 0.306 e. The Balaban J connectivity index is 3.52. The molecule has 0 aliphatic rings. The number of ether oxygens (including phenoxy) is 1. The van der Waals surface area contributed by atoms with E-state index in [9.17, 15) is 14.7 Å². The number of carboxylic acid groups (broad SMARTS) is 1. The van der Waals surface area contributed by atoms with Gasteiger partial charge in [0, 0.05) is 18.8 Å². The lowest BCUT2D eigenvalue weighted by Crippen LogP contribution is -2.45. The van der Waals surface area contributed by atoms with E-state index in [0.29, 0.717) is 17.4 Å². The lowest BCUT2D eigenvalue weighted by atomic mass is 10.1. The fourth-order valence-electron chi connectivity index (χ4n) is 4.23. The zero-order chi connectivity index (χ0) is 25.5. The lowest BCUT2D eigenvalue weighted by Gasteiger charge is -2.29. The molecule has 200 valence electrons. The van der Waals surface area contributed by atoms with Gasteiger partial charge in [0.15, 0.2) is 6.10 Å². The summed E-state index contributed by atoms with van der Waals surface area (Å²) >= 11 is 0. The number of carbonyl (C=O) groups is 2. The van der Waals surface area contributed by atoms with Crippen molar-refractivity contribution in [1.29, 1.82) is 0 Å². The van der Waals surface area contributed by atoms with Crippen molar-refractivity contribution in [2.24, 2.45) is 0 Å². The second-order valence-corrected chi connectivity index (χ2v) is 10.9. The second kappa shape index (κ2) is 22.1. The van der Waals surface area contributed by atoms with Crippen molar-refractivity contribution < 1.29 is 23.9 Å². The van der Waals surface area contributed by atoms with Crippen LogP contribution in [0.4, 0.5) is 0 Å². The maximum atomic E-state index is 12.1. The number of esters is 1. The molecular weight excluding hydrogens is 426 g/mol. The molecule has 0 radical (unpaired) electrons. The van der Waals surface area contributed by atoms with Gasteiger partial charge in [-0.05, 0) is 32.1 Å². The SMILES string of the molecule is CCCCCCCC/C=C/CCCCCCCCCCCC(=O)OC(CC(=O)[O-])C[N+](C)(C)C. The Morgan fingerprint density at radius 1 is 0.735 bits per heavy atom. The second-order valence-electron chi connectivity index (χ2n) is 10.9. The maximum absolute atomic E-state index is 12.1. The predicted molar refractivity (Wildman–Crippen MR) is 140 cm³/mol. The molecule has 0 N–H and O–H groups in total. The number of aliphatic carboxylic acids is 1. The van der Waals surface area contributed by atoms with Crippen LogP contribution in [0.25, 0.3) is 0 Å². The first kappa shape index (κ1) is 32.6. The van der Waals surface area contributed by atoms with E-state index in [1.54, 1.807) is 0 Å². The van der Waals surface area contributed by atoms with Crippen molar-refractivity contribution in [2.45, 2.75) is 135 Å². The van der Waals surface area contributed by atoms with E-state index in [0.717, 1.165) is 19.3 Å². The van der Waals surface area contributed by atoms with E-state index in [4.69, 9.17) is 4.74 Å². The van der Waals surface area contributed by atoms with Gasteiger partial charge in [-0.15, -0.1) is 0 Å². The van der Waals surface area contributed by atoms with E-state index >= 15 is 0 Å². The first-order valence-electron chi connectivity index (χ1n) is 14.1. The van der Waals surface area contributed by atoms with Crippen molar-refractivity contribution in [3.8, 4) is 0 Å². The summed E-state index contributed by atoms with van der Waals surface area (Å²) in [5.41, 5.74) is 0. The molecule has 0 aromatic carbocycles. The van der Waals surface area contributed by atoms with Crippen molar-refractivity contribution in [3.05, 3.63) is 12.2 Å². The number of likely N-dealkylation sites (N-methyl/N-ethyl adjacent to an activating group) is 1. The molecule has 0 rings (SSSR count). The normalized spacial score (nSPS) is 12.8. The van der Waals surface area contributed by atoms with Crippen molar-refractivity contribution in [2.75, 3.05) is 27.7 Å². The van der Waals surface area contributed by atoms with Crippen molar-refractivity contribution in [1.82, 2.24) is 0 Å². The molecule has 34 heavy (non-hydrogen) atoms. The third kappa shape index (κ3) is 25.3. The highest BCUT2D eigenvalue weighted by atomic mass is 16.5. The Kier molecular flexibility index (Phi) is 21.2. The largest absolute Gasteiger partial charge is 0.550 e. The maximum Gasteiger partial charge on any atom is 0.306 e. The number of carboxylic acids is 1. The standard InChI is InChI=1S/C29H55NO4/c1-5-6-7-8-9-10-11-12-13-14-15-16-17-18-19-20-21-22-23-24-29(33)34-27(25-28(31)32)26-30(2,3)4/h12-13,27H,5-11,14-26H2,1-4H3/b13-12+. The number of hydrogen-bond donors (Lipinski definition) is 0. The highest BCUT2D eigenvalue weighted by Gasteiger charge is 2.22. The molecule has 0 aromatic rings. The molecule has 0 saturated heterocycles. The molecule has 0 spiro atoms. The quantitative estimate of drug-likeness (QED) is 0.0698. The molecule has 0 fully saturated rings. The van der Waals surface area contributed by atoms with Gasteiger partial charge in [-0.25, -0.2) is 0 Å². The van der Waals surface area contributed by atoms with Crippen LogP contribution in [0.2, 0.25) is 0 Å². The Bertz CT molecular complexity index is 525. The van der Waals surface area contributed by atoms with Crippen LogP contribution in [0, 0.1) is 0 Å². The fourth-order valence-corrected chi connectivity index (χ4v) is 4.23. The van der Waals surface area contributed by atoms with Gasteiger partial charge >= 0.3 is 5.97 Å². The summed E-state index contributed by atoms with van der Waals surface area (Å²) < 4.78 is 5.94. The van der Waals surface area contributed by atoms with E-state index in [2.05, 4.69) is 19.1 Å². The lowest BCUT2D eigenvalue weighted by molar-refractivity contribution is -0.873. The van der Waals surface area contributed by atoms with E-state index < -0.39 is 12.1 Å². The van der Waals surface area contributed by atoms with Crippen LogP contribution < -0.4 is 5.11 Å².